The van der Waals surface area contributed by atoms with E-state index in [0.717, 1.165) is 18.1 Å². The van der Waals surface area contributed by atoms with E-state index < -0.39 is 0 Å². The minimum atomic E-state index is -0.286. The van der Waals surface area contributed by atoms with Crippen LogP contribution < -0.4 is 5.43 Å². The fourth-order valence-electron chi connectivity index (χ4n) is 2.78. The molecule has 90 valence electrons. The summed E-state index contributed by atoms with van der Waals surface area (Å²) in [4.78, 5) is 11.7. The van der Waals surface area contributed by atoms with Crippen LogP contribution in [0.2, 0.25) is 0 Å². The normalized spacial score (nSPS) is 28.9. The average molecular weight is 297 g/mol. The molecule has 0 saturated heterocycles. The Morgan fingerprint density at radius 1 is 1.47 bits per heavy atom. The fraction of sp³-hybridized carbons (Fsp3) is 0.500. The van der Waals surface area contributed by atoms with Crippen molar-refractivity contribution in [3.8, 4) is 0 Å². The van der Waals surface area contributed by atoms with Gasteiger partial charge in [-0.3, -0.25) is 4.79 Å². The third-order valence-corrected chi connectivity index (χ3v) is 4.03. The largest absolute Gasteiger partial charge is 0.444 e. The molecule has 2 saturated carbocycles. The van der Waals surface area contributed by atoms with E-state index in [1.165, 1.54) is 19.3 Å². The molecule has 5 heteroatoms. The number of halogens is 1. The maximum atomic E-state index is 11.7. The summed E-state index contributed by atoms with van der Waals surface area (Å²) in [7, 11) is 0. The summed E-state index contributed by atoms with van der Waals surface area (Å²) in [6, 6.07) is 3.32. The lowest BCUT2D eigenvalue weighted by molar-refractivity contribution is 0.0925. The second-order valence-electron chi connectivity index (χ2n) is 4.73. The van der Waals surface area contributed by atoms with Gasteiger partial charge in [-0.1, -0.05) is 0 Å². The number of amides is 1. The van der Waals surface area contributed by atoms with Gasteiger partial charge in [-0.05, 0) is 65.6 Å². The molecule has 1 aromatic rings. The van der Waals surface area contributed by atoms with E-state index in [4.69, 9.17) is 4.42 Å². The standard InChI is InChI=1S/C12H13BrN2O2/c13-11-4-3-10(17-11)12(16)15-14-9-6-7-1-2-8(9)5-7/h3-4,7-8H,1-2,5-6H2,(H,15,16)/b14-9-/t7-,8-/m1/s1. The Morgan fingerprint density at radius 2 is 2.35 bits per heavy atom. The highest BCUT2D eigenvalue weighted by atomic mass is 79.9. The summed E-state index contributed by atoms with van der Waals surface area (Å²) >= 11 is 3.16. The average Bonchev–Trinajstić information content (AvgIpc) is 3.01. The predicted molar refractivity (Wildman–Crippen MR) is 66.8 cm³/mol. The van der Waals surface area contributed by atoms with E-state index in [1.54, 1.807) is 12.1 Å². The number of hydrogen-bond acceptors (Lipinski definition) is 3. The molecule has 0 radical (unpaired) electrons. The van der Waals surface area contributed by atoms with Crippen LogP contribution in [0.1, 0.15) is 36.2 Å². The van der Waals surface area contributed by atoms with Gasteiger partial charge in [0.1, 0.15) is 0 Å². The van der Waals surface area contributed by atoms with Crippen LogP contribution in [0.5, 0.6) is 0 Å². The number of nitrogens with one attached hydrogen (secondary N) is 1. The van der Waals surface area contributed by atoms with Gasteiger partial charge in [0.15, 0.2) is 10.4 Å². The van der Waals surface area contributed by atoms with Crippen LogP contribution in [0.4, 0.5) is 0 Å². The Balaban J connectivity index is 1.64. The number of furan rings is 1. The van der Waals surface area contributed by atoms with Gasteiger partial charge < -0.3 is 4.42 Å². The number of hydrazone groups is 1. The topological polar surface area (TPSA) is 54.6 Å². The summed E-state index contributed by atoms with van der Waals surface area (Å²) in [5.74, 6) is 1.40. The SMILES string of the molecule is O=C(N/N=C1/C[C@@H]2CC[C@@H]1C2)c1ccc(Br)o1. The Kier molecular flexibility index (Phi) is 2.78. The molecule has 1 aromatic heterocycles. The molecule has 0 unspecified atom stereocenters. The Hall–Kier alpha value is -1.10. The summed E-state index contributed by atoms with van der Waals surface area (Å²) in [6.45, 7) is 0. The lowest BCUT2D eigenvalue weighted by Gasteiger charge is -2.11. The van der Waals surface area contributed by atoms with Crippen LogP contribution in [-0.2, 0) is 0 Å². The molecule has 2 bridgehead atoms. The first-order valence-electron chi connectivity index (χ1n) is 5.84. The van der Waals surface area contributed by atoms with Crippen molar-refractivity contribution < 1.29 is 9.21 Å². The minimum absolute atomic E-state index is 0.282. The highest BCUT2D eigenvalue weighted by Gasteiger charge is 2.36. The van der Waals surface area contributed by atoms with Crippen LogP contribution in [0.3, 0.4) is 0 Å². The van der Waals surface area contributed by atoms with Crippen molar-refractivity contribution in [1.82, 2.24) is 5.43 Å². The monoisotopic (exact) mass is 296 g/mol. The smallest absolute Gasteiger partial charge is 0.307 e. The van der Waals surface area contributed by atoms with Gasteiger partial charge in [0.25, 0.3) is 0 Å². The number of hydrogen-bond donors (Lipinski definition) is 1. The van der Waals surface area contributed by atoms with Gasteiger partial charge in [-0.2, -0.15) is 5.10 Å². The van der Waals surface area contributed by atoms with Crippen LogP contribution in [0.25, 0.3) is 0 Å². The van der Waals surface area contributed by atoms with Gasteiger partial charge >= 0.3 is 5.91 Å². The molecule has 2 aliphatic carbocycles. The Morgan fingerprint density at radius 3 is 2.94 bits per heavy atom. The van der Waals surface area contributed by atoms with Crippen LogP contribution in [0, 0.1) is 11.8 Å². The Bertz CT molecular complexity index is 481. The van der Waals surface area contributed by atoms with Gasteiger partial charge in [0.2, 0.25) is 0 Å². The molecular weight excluding hydrogens is 284 g/mol. The van der Waals surface area contributed by atoms with Gasteiger partial charge in [0.05, 0.1) is 0 Å². The number of carbonyl (C=O) groups excluding carboxylic acids is 1. The van der Waals surface area contributed by atoms with Crippen molar-refractivity contribution >= 4 is 27.5 Å². The maximum absolute atomic E-state index is 11.7. The zero-order valence-electron chi connectivity index (χ0n) is 9.28. The van der Waals surface area contributed by atoms with E-state index in [9.17, 15) is 4.79 Å². The Labute approximate surface area is 108 Å². The second kappa shape index (κ2) is 4.29. The highest BCUT2D eigenvalue weighted by Crippen LogP contribution is 2.42. The molecule has 17 heavy (non-hydrogen) atoms. The number of fused-ring (bicyclic) bond motifs is 2. The van der Waals surface area contributed by atoms with E-state index >= 15 is 0 Å². The lowest BCUT2D eigenvalue weighted by Crippen LogP contribution is -2.21. The van der Waals surface area contributed by atoms with Gasteiger partial charge in [-0.15, -0.1) is 0 Å². The molecule has 0 aromatic carbocycles. The summed E-state index contributed by atoms with van der Waals surface area (Å²) in [6.07, 6.45) is 4.85. The lowest BCUT2D eigenvalue weighted by atomic mass is 9.99. The van der Waals surface area contributed by atoms with Crippen LogP contribution >= 0.6 is 15.9 Å². The first kappa shape index (κ1) is 11.0. The van der Waals surface area contributed by atoms with Crippen molar-refractivity contribution in [3.63, 3.8) is 0 Å². The molecule has 2 fully saturated rings. The summed E-state index contributed by atoms with van der Waals surface area (Å²) in [5.41, 5.74) is 3.73. The molecule has 4 nitrogen and oxygen atoms in total. The fourth-order valence-corrected chi connectivity index (χ4v) is 3.08. The number of carbonyl (C=O) groups is 1. The van der Waals surface area contributed by atoms with Crippen molar-refractivity contribution in [3.05, 3.63) is 22.6 Å². The molecule has 3 rings (SSSR count). The molecule has 0 aliphatic heterocycles. The molecule has 0 spiro atoms. The third kappa shape index (κ3) is 2.16. The molecular formula is C12H13BrN2O2. The van der Waals surface area contributed by atoms with Crippen molar-refractivity contribution in [2.45, 2.75) is 25.7 Å². The molecule has 2 aliphatic rings. The predicted octanol–water partition coefficient (Wildman–Crippen LogP) is 2.95. The number of nitrogens with zero attached hydrogens (tertiary/aromatic N) is 1. The van der Waals surface area contributed by atoms with Crippen molar-refractivity contribution in [2.75, 3.05) is 0 Å². The first-order chi connectivity index (χ1) is 8.22. The zero-order chi connectivity index (χ0) is 11.8. The summed E-state index contributed by atoms with van der Waals surface area (Å²) < 4.78 is 5.71. The first-order valence-corrected chi connectivity index (χ1v) is 6.64. The van der Waals surface area contributed by atoms with Gasteiger partial charge in [-0.25, -0.2) is 5.43 Å². The maximum Gasteiger partial charge on any atom is 0.307 e. The molecule has 1 heterocycles. The van der Waals surface area contributed by atoms with E-state index in [-0.39, 0.29) is 11.7 Å². The van der Waals surface area contributed by atoms with Crippen LogP contribution in [-0.4, -0.2) is 11.6 Å². The van der Waals surface area contributed by atoms with E-state index in [1.807, 2.05) is 0 Å². The third-order valence-electron chi connectivity index (χ3n) is 3.61. The van der Waals surface area contributed by atoms with Crippen LogP contribution in [0.15, 0.2) is 26.3 Å². The van der Waals surface area contributed by atoms with E-state index in [2.05, 4.69) is 26.5 Å². The van der Waals surface area contributed by atoms with Gasteiger partial charge in [0, 0.05) is 5.71 Å². The zero-order valence-corrected chi connectivity index (χ0v) is 10.9. The van der Waals surface area contributed by atoms with Crippen molar-refractivity contribution in [1.29, 1.82) is 0 Å². The quantitative estimate of drug-likeness (QED) is 0.853. The minimum Gasteiger partial charge on any atom is -0.444 e. The molecule has 1 amide bonds. The second-order valence-corrected chi connectivity index (χ2v) is 5.51. The molecule has 2 atom stereocenters. The molecule has 1 N–H and O–H groups in total. The highest BCUT2D eigenvalue weighted by molar-refractivity contribution is 9.10. The van der Waals surface area contributed by atoms with E-state index in [0.29, 0.717) is 10.6 Å². The number of rotatable bonds is 2. The van der Waals surface area contributed by atoms with Crippen molar-refractivity contribution in [2.24, 2.45) is 16.9 Å². The summed E-state index contributed by atoms with van der Waals surface area (Å²) in [5, 5.41) is 4.23.